The number of nitrogens with one attached hydrogen (secondary N) is 1. The van der Waals surface area contributed by atoms with Gasteiger partial charge in [-0.15, -0.1) is 0 Å². The van der Waals surface area contributed by atoms with E-state index in [1.54, 1.807) is 7.11 Å². The minimum Gasteiger partial charge on any atom is -0.496 e. The van der Waals surface area contributed by atoms with Gasteiger partial charge in [-0.1, -0.05) is 18.2 Å². The Balaban J connectivity index is 1.67. The van der Waals surface area contributed by atoms with Gasteiger partial charge in [-0.05, 0) is 64.7 Å². The second-order valence-electron chi connectivity index (χ2n) is 5.48. The first-order valence-electron chi connectivity index (χ1n) is 7.87. The Kier molecular flexibility index (Phi) is 7.12. The van der Waals surface area contributed by atoms with Gasteiger partial charge in [0.05, 0.1) is 18.1 Å². The molecular weight excluding hydrogens is 370 g/mol. The van der Waals surface area contributed by atoms with Gasteiger partial charge in [0.2, 0.25) is 5.91 Å². The second-order valence-corrected chi connectivity index (χ2v) is 6.34. The number of aryl methyl sites for hydroxylation is 2. The fraction of sp³-hybridized carbons (Fsp3) is 0.316. The molecule has 0 saturated heterocycles. The lowest BCUT2D eigenvalue weighted by Gasteiger charge is -2.09. The van der Waals surface area contributed by atoms with E-state index >= 15 is 0 Å². The minimum absolute atomic E-state index is 0.0229. The second kappa shape index (κ2) is 9.33. The standard InChI is InChI=1S/C19H22BrNO3/c1-14-4-3-5-16(12-14)24-11-10-21-19(22)9-7-15-6-8-18(23-2)17(20)13-15/h3-6,8,12-13H,7,9-11H2,1-2H3,(H,21,22). The Morgan fingerprint density at radius 3 is 2.75 bits per heavy atom. The summed E-state index contributed by atoms with van der Waals surface area (Å²) < 4.78 is 11.7. The average molecular weight is 392 g/mol. The van der Waals surface area contributed by atoms with Gasteiger partial charge in [0, 0.05) is 6.42 Å². The van der Waals surface area contributed by atoms with Crippen LogP contribution in [0.1, 0.15) is 17.5 Å². The monoisotopic (exact) mass is 391 g/mol. The molecule has 1 amide bonds. The Morgan fingerprint density at radius 1 is 1.21 bits per heavy atom. The summed E-state index contributed by atoms with van der Waals surface area (Å²) in [6.07, 6.45) is 1.14. The molecule has 2 rings (SSSR count). The number of amides is 1. The van der Waals surface area contributed by atoms with Crippen LogP contribution >= 0.6 is 15.9 Å². The highest BCUT2D eigenvalue weighted by Crippen LogP contribution is 2.25. The highest BCUT2D eigenvalue weighted by Gasteiger charge is 2.05. The highest BCUT2D eigenvalue weighted by molar-refractivity contribution is 9.10. The van der Waals surface area contributed by atoms with Crippen LogP contribution in [-0.2, 0) is 11.2 Å². The minimum atomic E-state index is 0.0229. The van der Waals surface area contributed by atoms with Gasteiger partial charge in [0.25, 0.3) is 0 Å². The average Bonchev–Trinajstić information content (AvgIpc) is 2.57. The van der Waals surface area contributed by atoms with E-state index in [2.05, 4.69) is 21.2 Å². The molecule has 0 fully saturated rings. The summed E-state index contributed by atoms with van der Waals surface area (Å²) in [5.41, 5.74) is 2.25. The van der Waals surface area contributed by atoms with Crippen LogP contribution in [0.25, 0.3) is 0 Å². The van der Waals surface area contributed by atoms with Gasteiger partial charge < -0.3 is 14.8 Å². The summed E-state index contributed by atoms with van der Waals surface area (Å²) in [4.78, 5) is 11.9. The molecule has 0 bridgehead atoms. The van der Waals surface area contributed by atoms with E-state index in [0.29, 0.717) is 26.0 Å². The van der Waals surface area contributed by atoms with E-state index in [9.17, 15) is 4.79 Å². The van der Waals surface area contributed by atoms with Gasteiger partial charge in [-0.3, -0.25) is 4.79 Å². The maximum atomic E-state index is 11.9. The number of carbonyl (C=O) groups excluding carboxylic acids is 1. The summed E-state index contributed by atoms with van der Waals surface area (Å²) in [6.45, 7) is 2.98. The fourth-order valence-corrected chi connectivity index (χ4v) is 2.86. The molecule has 0 saturated carbocycles. The number of halogens is 1. The molecule has 0 unspecified atom stereocenters. The Bertz CT molecular complexity index is 688. The van der Waals surface area contributed by atoms with E-state index in [4.69, 9.17) is 9.47 Å². The van der Waals surface area contributed by atoms with Crippen LogP contribution in [-0.4, -0.2) is 26.2 Å². The Hall–Kier alpha value is -2.01. The lowest BCUT2D eigenvalue weighted by atomic mass is 10.1. The Morgan fingerprint density at radius 2 is 2.04 bits per heavy atom. The smallest absolute Gasteiger partial charge is 0.220 e. The summed E-state index contributed by atoms with van der Waals surface area (Å²) in [5, 5.41) is 2.87. The molecule has 0 aliphatic heterocycles. The van der Waals surface area contributed by atoms with E-state index in [1.165, 1.54) is 0 Å². The van der Waals surface area contributed by atoms with Crippen LogP contribution in [0, 0.1) is 6.92 Å². The van der Waals surface area contributed by atoms with Gasteiger partial charge in [0.15, 0.2) is 0 Å². The molecule has 24 heavy (non-hydrogen) atoms. The normalized spacial score (nSPS) is 10.3. The third kappa shape index (κ3) is 5.89. The zero-order chi connectivity index (χ0) is 17.4. The number of rotatable bonds is 8. The number of methoxy groups -OCH3 is 1. The van der Waals surface area contributed by atoms with Crippen molar-refractivity contribution in [1.29, 1.82) is 0 Å². The molecule has 2 aromatic rings. The predicted molar refractivity (Wildman–Crippen MR) is 98.7 cm³/mol. The number of ether oxygens (including phenoxy) is 2. The summed E-state index contributed by atoms with van der Waals surface area (Å²) in [6, 6.07) is 13.7. The zero-order valence-electron chi connectivity index (χ0n) is 14.0. The van der Waals surface area contributed by atoms with Crippen LogP contribution in [0.4, 0.5) is 0 Å². The first-order valence-corrected chi connectivity index (χ1v) is 8.66. The molecule has 128 valence electrons. The van der Waals surface area contributed by atoms with E-state index < -0.39 is 0 Å². The summed E-state index contributed by atoms with van der Waals surface area (Å²) in [5.74, 6) is 1.64. The van der Waals surface area contributed by atoms with Crippen LogP contribution in [0.15, 0.2) is 46.9 Å². The molecule has 1 N–H and O–H groups in total. The van der Waals surface area contributed by atoms with E-state index in [1.807, 2.05) is 49.4 Å². The van der Waals surface area contributed by atoms with Crippen LogP contribution in [0.2, 0.25) is 0 Å². The molecular formula is C19H22BrNO3. The molecule has 5 heteroatoms. The van der Waals surface area contributed by atoms with E-state index in [0.717, 1.165) is 27.1 Å². The summed E-state index contributed by atoms with van der Waals surface area (Å²) in [7, 11) is 1.63. The number of hydrogen-bond acceptors (Lipinski definition) is 3. The third-order valence-electron chi connectivity index (χ3n) is 3.54. The lowest BCUT2D eigenvalue weighted by Crippen LogP contribution is -2.28. The Labute approximate surface area is 151 Å². The third-order valence-corrected chi connectivity index (χ3v) is 4.16. The fourth-order valence-electron chi connectivity index (χ4n) is 2.28. The molecule has 0 radical (unpaired) electrons. The van der Waals surface area contributed by atoms with Crippen LogP contribution in [0.3, 0.4) is 0 Å². The zero-order valence-corrected chi connectivity index (χ0v) is 15.6. The molecule has 0 aliphatic rings. The van der Waals surface area contributed by atoms with Gasteiger partial charge >= 0.3 is 0 Å². The molecule has 0 heterocycles. The molecule has 0 aliphatic carbocycles. The van der Waals surface area contributed by atoms with Crippen molar-refractivity contribution in [3.63, 3.8) is 0 Å². The molecule has 0 spiro atoms. The molecule has 4 nitrogen and oxygen atoms in total. The largest absolute Gasteiger partial charge is 0.496 e. The molecule has 0 atom stereocenters. The number of carbonyl (C=O) groups is 1. The van der Waals surface area contributed by atoms with Crippen molar-refractivity contribution in [2.24, 2.45) is 0 Å². The SMILES string of the molecule is COc1ccc(CCC(=O)NCCOc2cccc(C)c2)cc1Br. The maximum Gasteiger partial charge on any atom is 0.220 e. The van der Waals surface area contributed by atoms with Crippen molar-refractivity contribution in [2.75, 3.05) is 20.3 Å². The van der Waals surface area contributed by atoms with Crippen molar-refractivity contribution in [1.82, 2.24) is 5.32 Å². The highest BCUT2D eigenvalue weighted by atomic mass is 79.9. The van der Waals surface area contributed by atoms with Crippen LogP contribution in [0.5, 0.6) is 11.5 Å². The molecule has 0 aromatic heterocycles. The van der Waals surface area contributed by atoms with Crippen molar-refractivity contribution in [3.05, 3.63) is 58.1 Å². The van der Waals surface area contributed by atoms with E-state index in [-0.39, 0.29) is 5.91 Å². The maximum absolute atomic E-state index is 11.9. The number of hydrogen-bond donors (Lipinski definition) is 1. The first kappa shape index (κ1) is 18.3. The van der Waals surface area contributed by atoms with Crippen LogP contribution < -0.4 is 14.8 Å². The van der Waals surface area contributed by atoms with Gasteiger partial charge in [0.1, 0.15) is 18.1 Å². The van der Waals surface area contributed by atoms with Crippen molar-refractivity contribution in [3.8, 4) is 11.5 Å². The molecule has 2 aromatic carbocycles. The quantitative estimate of drug-likeness (QED) is 0.694. The summed E-state index contributed by atoms with van der Waals surface area (Å²) >= 11 is 3.45. The lowest BCUT2D eigenvalue weighted by molar-refractivity contribution is -0.121. The number of benzene rings is 2. The first-order chi connectivity index (χ1) is 11.6. The van der Waals surface area contributed by atoms with Crippen molar-refractivity contribution < 1.29 is 14.3 Å². The van der Waals surface area contributed by atoms with Crippen molar-refractivity contribution in [2.45, 2.75) is 19.8 Å². The topological polar surface area (TPSA) is 47.6 Å². The predicted octanol–water partition coefficient (Wildman–Crippen LogP) is 3.89. The van der Waals surface area contributed by atoms with Gasteiger partial charge in [-0.25, -0.2) is 0 Å². The van der Waals surface area contributed by atoms with Crippen molar-refractivity contribution >= 4 is 21.8 Å². The van der Waals surface area contributed by atoms with Gasteiger partial charge in [-0.2, -0.15) is 0 Å².